The van der Waals surface area contributed by atoms with Crippen molar-refractivity contribution in [1.82, 2.24) is 20.1 Å². The summed E-state index contributed by atoms with van der Waals surface area (Å²) >= 11 is 8.71. The van der Waals surface area contributed by atoms with E-state index in [9.17, 15) is 4.79 Å². The number of halogens is 1. The summed E-state index contributed by atoms with van der Waals surface area (Å²) < 4.78 is 8.25. The summed E-state index contributed by atoms with van der Waals surface area (Å²) in [4.78, 5) is 12.5. The van der Waals surface area contributed by atoms with Crippen molar-refractivity contribution >= 4 is 34.1 Å². The highest BCUT2D eigenvalue weighted by atomic mass is 79.9. The van der Waals surface area contributed by atoms with E-state index in [4.69, 9.17) is 17.0 Å². The number of nitrogens with zero attached hydrogens (tertiary/aromatic N) is 2. The lowest BCUT2D eigenvalue weighted by Gasteiger charge is -2.15. The SMILES string of the molecule is COc1ccc(-c2n[nH]c(=S)n2CC(=O)NC(C)c2ccc(Br)cc2)cc1. The minimum Gasteiger partial charge on any atom is -0.497 e. The zero-order valence-electron chi connectivity index (χ0n) is 14.9. The number of aromatic amines is 1. The van der Waals surface area contributed by atoms with Crippen molar-refractivity contribution < 1.29 is 9.53 Å². The van der Waals surface area contributed by atoms with E-state index in [0.29, 0.717) is 10.6 Å². The second-order valence-corrected chi connectivity index (χ2v) is 7.31. The van der Waals surface area contributed by atoms with Crippen LogP contribution in [0.1, 0.15) is 18.5 Å². The van der Waals surface area contributed by atoms with Crippen molar-refractivity contribution in [2.75, 3.05) is 7.11 Å². The van der Waals surface area contributed by atoms with Gasteiger partial charge in [0, 0.05) is 10.0 Å². The molecule has 2 N–H and O–H groups in total. The first-order valence-corrected chi connectivity index (χ1v) is 9.52. The van der Waals surface area contributed by atoms with Crippen molar-refractivity contribution in [3.63, 3.8) is 0 Å². The summed E-state index contributed by atoms with van der Waals surface area (Å²) in [6.07, 6.45) is 0. The lowest BCUT2D eigenvalue weighted by atomic mass is 10.1. The van der Waals surface area contributed by atoms with Gasteiger partial charge in [-0.1, -0.05) is 28.1 Å². The van der Waals surface area contributed by atoms with Gasteiger partial charge in [0.05, 0.1) is 13.2 Å². The third-order valence-electron chi connectivity index (χ3n) is 4.16. The third-order valence-corrected chi connectivity index (χ3v) is 5.00. The van der Waals surface area contributed by atoms with Gasteiger partial charge >= 0.3 is 0 Å². The van der Waals surface area contributed by atoms with Gasteiger partial charge < -0.3 is 10.1 Å². The van der Waals surface area contributed by atoms with Crippen LogP contribution in [0.5, 0.6) is 5.75 Å². The average Bonchev–Trinajstić information content (AvgIpc) is 3.02. The molecule has 1 unspecified atom stereocenters. The summed E-state index contributed by atoms with van der Waals surface area (Å²) in [5.74, 6) is 1.22. The molecule has 6 nitrogen and oxygen atoms in total. The summed E-state index contributed by atoms with van der Waals surface area (Å²) in [5.41, 5.74) is 1.87. The van der Waals surface area contributed by atoms with Gasteiger partial charge in [-0.3, -0.25) is 14.5 Å². The number of hydrogen-bond donors (Lipinski definition) is 2. The van der Waals surface area contributed by atoms with E-state index >= 15 is 0 Å². The Morgan fingerprint density at radius 3 is 2.56 bits per heavy atom. The number of H-pyrrole nitrogens is 1. The second-order valence-electron chi connectivity index (χ2n) is 6.01. The van der Waals surface area contributed by atoms with Gasteiger partial charge in [-0.15, -0.1) is 0 Å². The summed E-state index contributed by atoms with van der Waals surface area (Å²) in [6.45, 7) is 2.03. The maximum atomic E-state index is 12.5. The number of aromatic nitrogens is 3. The largest absolute Gasteiger partial charge is 0.497 e. The Morgan fingerprint density at radius 1 is 1.26 bits per heavy atom. The van der Waals surface area contributed by atoms with Crippen molar-refractivity contribution in [1.29, 1.82) is 0 Å². The highest BCUT2D eigenvalue weighted by Crippen LogP contribution is 2.21. The van der Waals surface area contributed by atoms with Crippen molar-refractivity contribution in [3.05, 3.63) is 63.3 Å². The Bertz CT molecular complexity index is 980. The number of carbonyl (C=O) groups is 1. The molecule has 0 spiro atoms. The molecule has 1 amide bonds. The lowest BCUT2D eigenvalue weighted by Crippen LogP contribution is -2.30. The highest BCUT2D eigenvalue weighted by molar-refractivity contribution is 9.10. The molecule has 0 bridgehead atoms. The number of benzene rings is 2. The minimum atomic E-state index is -0.141. The smallest absolute Gasteiger partial charge is 0.240 e. The molecule has 3 rings (SSSR count). The van der Waals surface area contributed by atoms with Crippen LogP contribution in [0.15, 0.2) is 53.0 Å². The first kappa shape index (κ1) is 19.3. The molecule has 27 heavy (non-hydrogen) atoms. The molecule has 0 aliphatic heterocycles. The molecule has 3 aromatic rings. The third kappa shape index (κ3) is 4.64. The summed E-state index contributed by atoms with van der Waals surface area (Å²) in [7, 11) is 1.61. The predicted molar refractivity (Wildman–Crippen MR) is 110 cm³/mol. The van der Waals surface area contributed by atoms with Crippen LogP contribution in [-0.2, 0) is 11.3 Å². The molecular weight excluding hydrogens is 428 g/mol. The van der Waals surface area contributed by atoms with Crippen LogP contribution >= 0.6 is 28.1 Å². The number of hydrogen-bond acceptors (Lipinski definition) is 4. The molecule has 0 aliphatic carbocycles. The molecule has 1 heterocycles. The maximum Gasteiger partial charge on any atom is 0.240 e. The Balaban J connectivity index is 1.75. The van der Waals surface area contributed by atoms with Crippen LogP contribution in [0, 0.1) is 4.77 Å². The second kappa shape index (κ2) is 8.49. The molecule has 0 fully saturated rings. The van der Waals surface area contributed by atoms with Crippen molar-refractivity contribution in [2.45, 2.75) is 19.5 Å². The summed E-state index contributed by atoms with van der Waals surface area (Å²) in [5, 5.41) is 10.0. The molecule has 140 valence electrons. The monoisotopic (exact) mass is 446 g/mol. The van der Waals surface area contributed by atoms with Gasteiger partial charge in [0.1, 0.15) is 12.3 Å². The lowest BCUT2D eigenvalue weighted by molar-refractivity contribution is -0.122. The Labute approximate surface area is 170 Å². The number of carbonyl (C=O) groups excluding carboxylic acids is 1. The fourth-order valence-corrected chi connectivity index (χ4v) is 3.15. The number of nitrogens with one attached hydrogen (secondary N) is 2. The van der Waals surface area contributed by atoms with Crippen molar-refractivity contribution in [3.8, 4) is 17.1 Å². The fourth-order valence-electron chi connectivity index (χ4n) is 2.69. The first-order chi connectivity index (χ1) is 13.0. The molecule has 8 heteroatoms. The summed E-state index contributed by atoms with van der Waals surface area (Å²) in [6, 6.07) is 15.2. The van der Waals surface area contributed by atoms with Gasteiger partial charge in [-0.2, -0.15) is 5.10 Å². The van der Waals surface area contributed by atoms with E-state index < -0.39 is 0 Å². The highest BCUT2D eigenvalue weighted by Gasteiger charge is 2.15. The number of ether oxygens (including phenoxy) is 1. The van der Waals surface area contributed by atoms with Gasteiger partial charge in [0.15, 0.2) is 10.6 Å². The van der Waals surface area contributed by atoms with Gasteiger partial charge in [-0.25, -0.2) is 0 Å². The van der Waals surface area contributed by atoms with Crippen LogP contribution in [0.25, 0.3) is 11.4 Å². The van der Waals surface area contributed by atoms with Gasteiger partial charge in [0.2, 0.25) is 5.91 Å². The van der Waals surface area contributed by atoms with E-state index in [2.05, 4.69) is 31.4 Å². The van der Waals surface area contributed by atoms with Gasteiger partial charge in [-0.05, 0) is 61.1 Å². The van der Waals surface area contributed by atoms with E-state index in [1.807, 2.05) is 55.5 Å². The molecule has 0 saturated carbocycles. The maximum absolute atomic E-state index is 12.5. The standard InChI is InChI=1S/C19H19BrN4O2S/c1-12(13-3-7-15(20)8-4-13)21-17(25)11-24-18(22-23-19(24)27)14-5-9-16(26-2)10-6-14/h3-10,12H,11H2,1-2H3,(H,21,25)(H,23,27). The fraction of sp³-hybridized carbons (Fsp3) is 0.211. The van der Waals surface area contributed by atoms with Crippen LogP contribution < -0.4 is 10.1 Å². The van der Waals surface area contributed by atoms with E-state index in [1.54, 1.807) is 11.7 Å². The first-order valence-electron chi connectivity index (χ1n) is 8.32. The Morgan fingerprint density at radius 2 is 1.93 bits per heavy atom. The molecule has 2 aromatic carbocycles. The quantitative estimate of drug-likeness (QED) is 0.554. The van der Waals surface area contributed by atoms with E-state index in [0.717, 1.165) is 21.3 Å². The molecule has 0 saturated heterocycles. The average molecular weight is 447 g/mol. The van der Waals surface area contributed by atoms with Crippen LogP contribution in [-0.4, -0.2) is 27.8 Å². The normalized spacial score (nSPS) is 11.8. The molecular formula is C19H19BrN4O2S. The topological polar surface area (TPSA) is 71.9 Å². The van der Waals surface area contributed by atoms with Crippen LogP contribution in [0.4, 0.5) is 0 Å². The number of rotatable bonds is 6. The van der Waals surface area contributed by atoms with Crippen LogP contribution in [0.2, 0.25) is 0 Å². The number of amides is 1. The molecule has 1 atom stereocenters. The van der Waals surface area contributed by atoms with E-state index in [-0.39, 0.29) is 18.5 Å². The zero-order chi connectivity index (χ0) is 19.4. The van der Waals surface area contributed by atoms with Crippen LogP contribution in [0.3, 0.4) is 0 Å². The minimum absolute atomic E-state index is 0.0809. The predicted octanol–water partition coefficient (Wildman–Crippen LogP) is 4.26. The van der Waals surface area contributed by atoms with Gasteiger partial charge in [0.25, 0.3) is 0 Å². The van der Waals surface area contributed by atoms with E-state index in [1.165, 1.54) is 0 Å². The van der Waals surface area contributed by atoms with Crippen molar-refractivity contribution in [2.24, 2.45) is 0 Å². The molecule has 0 radical (unpaired) electrons. The molecule has 0 aliphatic rings. The Kier molecular flexibility index (Phi) is 6.08. The zero-order valence-corrected chi connectivity index (χ0v) is 17.3. The molecule has 1 aromatic heterocycles. The Hall–Kier alpha value is -2.45. The number of methoxy groups -OCH3 is 1.